The molecule has 1 aromatic heterocycles. The van der Waals surface area contributed by atoms with Gasteiger partial charge in [0.05, 0.1) is 17.0 Å². The van der Waals surface area contributed by atoms with Crippen LogP contribution < -0.4 is 5.73 Å². The van der Waals surface area contributed by atoms with Crippen LogP contribution in [0.2, 0.25) is 0 Å². The largest absolute Gasteiger partial charge is 0.481 e. The van der Waals surface area contributed by atoms with Crippen LogP contribution in [0, 0.1) is 0 Å². The summed E-state index contributed by atoms with van der Waals surface area (Å²) in [6.45, 7) is 4.26. The Morgan fingerprint density at radius 1 is 1.47 bits per heavy atom. The van der Waals surface area contributed by atoms with Gasteiger partial charge in [0.15, 0.2) is 0 Å². The van der Waals surface area contributed by atoms with Crippen LogP contribution in [0.3, 0.4) is 0 Å². The summed E-state index contributed by atoms with van der Waals surface area (Å²) >= 11 is 0. The van der Waals surface area contributed by atoms with E-state index in [2.05, 4.69) is 18.8 Å². The number of rotatable bonds is 4. The molecule has 102 valence electrons. The highest BCUT2D eigenvalue weighted by Gasteiger charge is 2.19. The molecule has 0 spiro atoms. The molecule has 0 aliphatic heterocycles. The number of aromatic nitrogens is 2. The molecule has 1 unspecified atom stereocenters. The molecule has 5 heteroatoms. The molecule has 0 bridgehead atoms. The van der Waals surface area contributed by atoms with Crippen LogP contribution in [0.5, 0.6) is 0 Å². The predicted octanol–water partition coefficient (Wildman–Crippen LogP) is 1.82. The fraction of sp³-hybridized carbons (Fsp3) is 0.429. The summed E-state index contributed by atoms with van der Waals surface area (Å²) in [6, 6.07) is 5.56. The van der Waals surface area contributed by atoms with Gasteiger partial charge in [0.25, 0.3) is 0 Å². The van der Waals surface area contributed by atoms with Crippen molar-refractivity contribution < 1.29 is 9.90 Å². The van der Waals surface area contributed by atoms with Crippen LogP contribution in [-0.2, 0) is 11.8 Å². The molecule has 5 nitrogen and oxygen atoms in total. The number of carboxylic acids is 1. The number of benzene rings is 1. The highest BCUT2D eigenvalue weighted by Crippen LogP contribution is 2.24. The number of carbonyl (C=O) groups is 1. The molecule has 2 rings (SSSR count). The van der Waals surface area contributed by atoms with Crippen molar-refractivity contribution in [2.45, 2.75) is 25.7 Å². The van der Waals surface area contributed by atoms with E-state index in [9.17, 15) is 4.79 Å². The third kappa shape index (κ3) is 2.33. The third-order valence-electron chi connectivity index (χ3n) is 3.39. The van der Waals surface area contributed by atoms with Gasteiger partial charge in [0.2, 0.25) is 0 Å². The Kier molecular flexibility index (Phi) is 3.57. The fourth-order valence-corrected chi connectivity index (χ4v) is 2.35. The van der Waals surface area contributed by atoms with Crippen LogP contribution in [0.4, 0.5) is 0 Å². The van der Waals surface area contributed by atoms with Gasteiger partial charge in [-0.05, 0) is 17.7 Å². The van der Waals surface area contributed by atoms with Crippen molar-refractivity contribution in [3.8, 4) is 0 Å². The lowest BCUT2D eigenvalue weighted by molar-refractivity contribution is -0.138. The monoisotopic (exact) mass is 261 g/mol. The number of fused-ring (bicyclic) bond motifs is 1. The Morgan fingerprint density at radius 2 is 2.16 bits per heavy atom. The van der Waals surface area contributed by atoms with Crippen molar-refractivity contribution in [3.05, 3.63) is 29.6 Å². The average Bonchev–Trinajstić information content (AvgIpc) is 2.67. The Labute approximate surface area is 112 Å². The summed E-state index contributed by atoms with van der Waals surface area (Å²) in [5.74, 6) is -0.256. The first-order valence-corrected chi connectivity index (χ1v) is 6.34. The Bertz CT molecular complexity index is 616. The molecule has 0 saturated heterocycles. The Morgan fingerprint density at radius 3 is 2.68 bits per heavy atom. The van der Waals surface area contributed by atoms with Crippen LogP contribution in [0.25, 0.3) is 11.0 Å². The van der Waals surface area contributed by atoms with Gasteiger partial charge in [-0.2, -0.15) is 0 Å². The molecule has 0 aliphatic carbocycles. The van der Waals surface area contributed by atoms with E-state index >= 15 is 0 Å². The van der Waals surface area contributed by atoms with E-state index in [4.69, 9.17) is 10.8 Å². The second-order valence-corrected chi connectivity index (χ2v) is 5.06. The second-order valence-electron chi connectivity index (χ2n) is 5.06. The first-order valence-electron chi connectivity index (χ1n) is 6.34. The SMILES string of the molecule is CC(C)c1nc2cc(C(CN)C(=O)O)ccc2n1C. The summed E-state index contributed by atoms with van der Waals surface area (Å²) in [7, 11) is 1.97. The van der Waals surface area contributed by atoms with Gasteiger partial charge in [0.1, 0.15) is 5.82 Å². The molecular formula is C14H19N3O2. The standard InChI is InChI=1S/C14H19N3O2/c1-8(2)13-16-11-6-9(10(7-15)14(18)19)4-5-12(11)17(13)3/h4-6,8,10H,7,15H2,1-3H3,(H,18,19). The highest BCUT2D eigenvalue weighted by atomic mass is 16.4. The summed E-state index contributed by atoms with van der Waals surface area (Å²) in [5.41, 5.74) is 8.06. The van der Waals surface area contributed by atoms with Crippen LogP contribution in [0.15, 0.2) is 18.2 Å². The maximum atomic E-state index is 11.1. The number of aliphatic carboxylic acids is 1. The molecule has 0 aliphatic rings. The highest BCUT2D eigenvalue weighted by molar-refractivity contribution is 5.81. The lowest BCUT2D eigenvalue weighted by atomic mass is 9.99. The fourth-order valence-electron chi connectivity index (χ4n) is 2.35. The molecule has 2 aromatic rings. The zero-order valence-corrected chi connectivity index (χ0v) is 11.4. The van der Waals surface area contributed by atoms with E-state index in [-0.39, 0.29) is 6.54 Å². The maximum Gasteiger partial charge on any atom is 0.312 e. The molecule has 19 heavy (non-hydrogen) atoms. The van der Waals surface area contributed by atoms with E-state index in [0.717, 1.165) is 16.9 Å². The van der Waals surface area contributed by atoms with Crippen molar-refractivity contribution in [1.29, 1.82) is 0 Å². The summed E-state index contributed by atoms with van der Waals surface area (Å²) in [5, 5.41) is 9.14. The molecule has 0 fully saturated rings. The van der Waals surface area contributed by atoms with Crippen LogP contribution in [0.1, 0.15) is 37.1 Å². The van der Waals surface area contributed by atoms with Gasteiger partial charge in [-0.15, -0.1) is 0 Å². The van der Waals surface area contributed by atoms with Gasteiger partial charge in [0, 0.05) is 19.5 Å². The quantitative estimate of drug-likeness (QED) is 0.879. The first-order chi connectivity index (χ1) is 8.95. The number of aryl methyl sites for hydroxylation is 1. The lowest BCUT2D eigenvalue weighted by Gasteiger charge is -2.09. The number of carboxylic acid groups (broad SMARTS) is 1. The maximum absolute atomic E-state index is 11.1. The van der Waals surface area contributed by atoms with E-state index in [0.29, 0.717) is 11.5 Å². The van der Waals surface area contributed by atoms with E-state index < -0.39 is 11.9 Å². The number of nitrogens with zero attached hydrogens (tertiary/aromatic N) is 2. The molecule has 1 aromatic carbocycles. The number of imidazole rings is 1. The third-order valence-corrected chi connectivity index (χ3v) is 3.39. The average molecular weight is 261 g/mol. The van der Waals surface area contributed by atoms with Gasteiger partial charge >= 0.3 is 5.97 Å². The summed E-state index contributed by atoms with van der Waals surface area (Å²) in [4.78, 5) is 15.7. The molecular weight excluding hydrogens is 242 g/mol. The molecule has 0 amide bonds. The van der Waals surface area contributed by atoms with Gasteiger partial charge < -0.3 is 15.4 Å². The van der Waals surface area contributed by atoms with Crippen molar-refractivity contribution in [2.75, 3.05) is 6.54 Å². The number of hydrogen-bond donors (Lipinski definition) is 2. The minimum atomic E-state index is -0.901. The molecule has 1 heterocycles. The molecule has 0 radical (unpaired) electrons. The van der Waals surface area contributed by atoms with Crippen molar-refractivity contribution in [1.82, 2.24) is 9.55 Å². The number of nitrogens with two attached hydrogens (primary N) is 1. The zero-order valence-electron chi connectivity index (χ0n) is 11.4. The van der Waals surface area contributed by atoms with E-state index in [1.165, 1.54) is 0 Å². The minimum Gasteiger partial charge on any atom is -0.481 e. The minimum absolute atomic E-state index is 0.0880. The van der Waals surface area contributed by atoms with E-state index in [1.807, 2.05) is 29.8 Å². The molecule has 3 N–H and O–H groups in total. The van der Waals surface area contributed by atoms with Crippen LogP contribution in [-0.4, -0.2) is 27.2 Å². The van der Waals surface area contributed by atoms with Gasteiger partial charge in [-0.25, -0.2) is 4.98 Å². The Balaban J connectivity index is 2.55. The van der Waals surface area contributed by atoms with Gasteiger partial charge in [-0.3, -0.25) is 4.79 Å². The lowest BCUT2D eigenvalue weighted by Crippen LogP contribution is -2.21. The van der Waals surface area contributed by atoms with Crippen molar-refractivity contribution in [3.63, 3.8) is 0 Å². The zero-order chi connectivity index (χ0) is 14.2. The normalized spacial score (nSPS) is 13.1. The molecule has 0 saturated carbocycles. The van der Waals surface area contributed by atoms with Gasteiger partial charge in [-0.1, -0.05) is 19.9 Å². The summed E-state index contributed by atoms with van der Waals surface area (Å²) in [6.07, 6.45) is 0. The number of hydrogen-bond acceptors (Lipinski definition) is 3. The smallest absolute Gasteiger partial charge is 0.312 e. The Hall–Kier alpha value is -1.88. The predicted molar refractivity (Wildman–Crippen MR) is 74.2 cm³/mol. The van der Waals surface area contributed by atoms with E-state index in [1.54, 1.807) is 0 Å². The second kappa shape index (κ2) is 5.01. The van der Waals surface area contributed by atoms with Crippen LogP contribution >= 0.6 is 0 Å². The first kappa shape index (κ1) is 13.5. The summed E-state index contributed by atoms with van der Waals surface area (Å²) < 4.78 is 2.04. The topological polar surface area (TPSA) is 81.1 Å². The van der Waals surface area contributed by atoms with Crippen molar-refractivity contribution in [2.24, 2.45) is 12.8 Å². The molecule has 1 atom stereocenters. The van der Waals surface area contributed by atoms with Crippen molar-refractivity contribution >= 4 is 17.0 Å².